The van der Waals surface area contributed by atoms with Crippen molar-refractivity contribution >= 4 is 40.0 Å². The zero-order valence-electron chi connectivity index (χ0n) is 29.9. The molecule has 4 atom stereocenters. The molecule has 11 heteroatoms. The first-order valence-electron chi connectivity index (χ1n) is 18.4. The third kappa shape index (κ3) is 6.86. The number of carbonyl (C=O) groups excluding carboxylic acids is 3. The number of rotatable bonds is 9. The number of nitrogens with one attached hydrogen (secondary N) is 3. The van der Waals surface area contributed by atoms with Crippen LogP contribution < -0.4 is 5.32 Å². The highest BCUT2D eigenvalue weighted by atomic mass is 16.5. The fourth-order valence-electron chi connectivity index (χ4n) is 7.96. The highest BCUT2D eigenvalue weighted by molar-refractivity contribution is 5.88. The van der Waals surface area contributed by atoms with Crippen LogP contribution in [-0.2, 0) is 20.7 Å². The van der Waals surface area contributed by atoms with Crippen LogP contribution >= 0.6 is 0 Å². The van der Waals surface area contributed by atoms with Gasteiger partial charge in [-0.2, -0.15) is 0 Å². The number of methoxy groups -OCH3 is 1. The lowest BCUT2D eigenvalue weighted by Gasteiger charge is -2.28. The normalized spacial score (nSPS) is 18.4. The van der Waals surface area contributed by atoms with Crippen LogP contribution in [0.25, 0.3) is 22.1 Å². The first-order valence-corrected chi connectivity index (χ1v) is 18.4. The Kier molecular flexibility index (Phi) is 9.39. The SMILES string of the molecule is COC(=O)N[C@@H](C(=O)N1CCC[C@H]1c1nc2ccc(Cc3ccc4nc([C@@H]5CCCN5C(=O)[C@H](C)c5ccccc5)[nH]c4c3)cc2[nH]1)c1ccccc1. The lowest BCUT2D eigenvalue weighted by atomic mass is 9.99. The van der Waals surface area contributed by atoms with Crippen molar-refractivity contribution in [3.8, 4) is 0 Å². The second-order valence-electron chi connectivity index (χ2n) is 14.1. The molecule has 0 spiro atoms. The van der Waals surface area contributed by atoms with Crippen molar-refractivity contribution in [3.05, 3.63) is 131 Å². The van der Waals surface area contributed by atoms with Crippen LogP contribution in [0.1, 0.15) is 90.6 Å². The van der Waals surface area contributed by atoms with Crippen molar-refractivity contribution in [2.45, 2.75) is 63.1 Å². The summed E-state index contributed by atoms with van der Waals surface area (Å²) in [6.07, 6.45) is 3.49. The molecule has 3 amide bonds. The van der Waals surface area contributed by atoms with Crippen LogP contribution in [0, 0.1) is 0 Å². The number of imidazole rings is 2. The summed E-state index contributed by atoms with van der Waals surface area (Å²) in [6.45, 7) is 3.28. The summed E-state index contributed by atoms with van der Waals surface area (Å²) >= 11 is 0. The van der Waals surface area contributed by atoms with Gasteiger partial charge in [0.25, 0.3) is 5.91 Å². The summed E-state index contributed by atoms with van der Waals surface area (Å²) in [6, 6.07) is 30.5. The maximum atomic E-state index is 13.9. The number of H-pyrrole nitrogens is 2. The molecule has 0 unspecified atom stereocenters. The Morgan fingerprint density at radius 3 is 1.77 bits per heavy atom. The summed E-state index contributed by atoms with van der Waals surface area (Å²) < 4.78 is 4.84. The molecule has 3 N–H and O–H groups in total. The average Bonchev–Trinajstić information content (AvgIpc) is 4.02. The molecule has 4 aromatic carbocycles. The van der Waals surface area contributed by atoms with E-state index in [1.165, 1.54) is 7.11 Å². The van der Waals surface area contributed by atoms with Crippen molar-refractivity contribution in [2.75, 3.05) is 20.2 Å². The molecule has 11 nitrogen and oxygen atoms in total. The molecule has 2 aromatic heterocycles. The number of amides is 3. The Morgan fingerprint density at radius 1 is 0.736 bits per heavy atom. The van der Waals surface area contributed by atoms with E-state index >= 15 is 0 Å². The van der Waals surface area contributed by atoms with Crippen molar-refractivity contribution in [1.82, 2.24) is 35.1 Å². The predicted octanol–water partition coefficient (Wildman–Crippen LogP) is 7.26. The van der Waals surface area contributed by atoms with E-state index in [0.29, 0.717) is 18.5 Å². The number of nitrogens with zero attached hydrogens (tertiary/aromatic N) is 4. The lowest BCUT2D eigenvalue weighted by molar-refractivity contribution is -0.135. The largest absolute Gasteiger partial charge is 0.453 e. The maximum Gasteiger partial charge on any atom is 0.407 e. The maximum absolute atomic E-state index is 13.9. The van der Waals surface area contributed by atoms with Gasteiger partial charge < -0.3 is 29.8 Å². The monoisotopic (exact) mass is 709 g/mol. The smallest absolute Gasteiger partial charge is 0.407 e. The van der Waals surface area contributed by atoms with Gasteiger partial charge in [0.2, 0.25) is 5.91 Å². The third-order valence-corrected chi connectivity index (χ3v) is 10.7. The molecule has 8 rings (SSSR count). The van der Waals surface area contributed by atoms with Crippen molar-refractivity contribution in [2.24, 2.45) is 0 Å². The van der Waals surface area contributed by atoms with Crippen LogP contribution in [0.4, 0.5) is 4.79 Å². The molecule has 0 radical (unpaired) electrons. The second-order valence-corrected chi connectivity index (χ2v) is 14.1. The first-order chi connectivity index (χ1) is 25.9. The lowest BCUT2D eigenvalue weighted by Crippen LogP contribution is -2.42. The standard InChI is InChI=1S/C42H43N7O4/c1-26(29-11-5-3-6-12-29)40(50)48-21-9-15-35(48)38-43-31-19-17-27(24-33(31)45-38)23-28-18-20-32-34(25-28)46-39(44-32)36-16-10-22-49(36)41(51)37(47-42(52)53-2)30-13-7-4-8-14-30/h3-8,11-14,17-20,24-26,35-37H,9-10,15-16,21-23H2,1-2H3,(H,43,45)(H,44,46)(H,47,52)/t26-,35+,36+,37-/m1/s1. The van der Waals surface area contributed by atoms with Crippen molar-refractivity contribution < 1.29 is 19.1 Å². The van der Waals surface area contributed by atoms with E-state index in [1.54, 1.807) is 0 Å². The topological polar surface area (TPSA) is 136 Å². The van der Waals surface area contributed by atoms with Crippen molar-refractivity contribution in [3.63, 3.8) is 0 Å². The van der Waals surface area contributed by atoms with Gasteiger partial charge in [0.05, 0.1) is 47.2 Å². The van der Waals surface area contributed by atoms with E-state index in [-0.39, 0.29) is 29.8 Å². The van der Waals surface area contributed by atoms with Gasteiger partial charge in [0.15, 0.2) is 0 Å². The first kappa shape index (κ1) is 34.1. The van der Waals surface area contributed by atoms with Crippen LogP contribution in [0.5, 0.6) is 0 Å². The van der Waals surface area contributed by atoms with Crippen LogP contribution in [0.15, 0.2) is 97.1 Å². The van der Waals surface area contributed by atoms with E-state index in [2.05, 4.69) is 45.6 Å². The van der Waals surface area contributed by atoms with Gasteiger partial charge in [-0.1, -0.05) is 72.8 Å². The van der Waals surface area contributed by atoms with Gasteiger partial charge in [-0.25, -0.2) is 14.8 Å². The zero-order chi connectivity index (χ0) is 36.5. The average molecular weight is 710 g/mol. The Bertz CT molecular complexity index is 2270. The number of likely N-dealkylation sites (tertiary alicyclic amines) is 2. The molecule has 2 aliphatic heterocycles. The molecule has 270 valence electrons. The van der Waals surface area contributed by atoms with E-state index in [0.717, 1.165) is 82.6 Å². The molecule has 2 aliphatic rings. The fourth-order valence-corrected chi connectivity index (χ4v) is 7.96. The molecular formula is C42H43N7O4. The predicted molar refractivity (Wildman–Crippen MR) is 202 cm³/mol. The molecule has 4 heterocycles. The van der Waals surface area contributed by atoms with E-state index in [9.17, 15) is 14.4 Å². The summed E-state index contributed by atoms with van der Waals surface area (Å²) in [5.41, 5.74) is 7.57. The number of carbonyl (C=O) groups is 3. The minimum atomic E-state index is -0.869. The fraction of sp³-hybridized carbons (Fsp3) is 0.310. The minimum absolute atomic E-state index is 0.0686. The molecule has 53 heavy (non-hydrogen) atoms. The number of fused-ring (bicyclic) bond motifs is 2. The Morgan fingerprint density at radius 2 is 1.25 bits per heavy atom. The van der Waals surface area contributed by atoms with E-state index in [4.69, 9.17) is 14.7 Å². The third-order valence-electron chi connectivity index (χ3n) is 10.7. The summed E-state index contributed by atoms with van der Waals surface area (Å²) in [7, 11) is 1.29. The van der Waals surface area contributed by atoms with E-state index < -0.39 is 12.1 Å². The molecular weight excluding hydrogens is 667 g/mol. The number of aromatic nitrogens is 4. The van der Waals surface area contributed by atoms with Crippen LogP contribution in [-0.4, -0.2) is 67.8 Å². The Hall–Kier alpha value is -5.97. The van der Waals surface area contributed by atoms with Crippen LogP contribution in [0.2, 0.25) is 0 Å². The number of ether oxygens (including phenoxy) is 1. The number of benzene rings is 4. The molecule has 2 fully saturated rings. The zero-order valence-corrected chi connectivity index (χ0v) is 29.9. The highest BCUT2D eigenvalue weighted by Crippen LogP contribution is 2.36. The highest BCUT2D eigenvalue weighted by Gasteiger charge is 2.37. The Labute approximate surface area is 307 Å². The number of alkyl carbamates (subject to hydrolysis) is 1. The number of aromatic amines is 2. The summed E-state index contributed by atoms with van der Waals surface area (Å²) in [5.74, 6) is 1.30. The van der Waals surface area contributed by atoms with Gasteiger partial charge in [-0.15, -0.1) is 0 Å². The van der Waals surface area contributed by atoms with Gasteiger partial charge in [-0.05, 0) is 85.5 Å². The quantitative estimate of drug-likeness (QED) is 0.145. The van der Waals surface area contributed by atoms with Crippen molar-refractivity contribution in [1.29, 1.82) is 0 Å². The van der Waals surface area contributed by atoms with Gasteiger partial charge in [0.1, 0.15) is 17.7 Å². The van der Waals surface area contributed by atoms with Gasteiger partial charge in [0, 0.05) is 13.1 Å². The molecule has 0 bridgehead atoms. The van der Waals surface area contributed by atoms with E-state index in [1.807, 2.05) is 83.5 Å². The molecule has 0 saturated carbocycles. The number of hydrogen-bond donors (Lipinski definition) is 3. The summed E-state index contributed by atoms with van der Waals surface area (Å²) in [5, 5.41) is 2.73. The van der Waals surface area contributed by atoms with Gasteiger partial charge in [-0.3, -0.25) is 9.59 Å². The minimum Gasteiger partial charge on any atom is -0.453 e. The molecule has 0 aliphatic carbocycles. The summed E-state index contributed by atoms with van der Waals surface area (Å²) in [4.78, 5) is 60.5. The second kappa shape index (κ2) is 14.6. The number of hydrogen-bond acceptors (Lipinski definition) is 6. The van der Waals surface area contributed by atoms with Crippen LogP contribution in [0.3, 0.4) is 0 Å². The molecule has 2 saturated heterocycles. The van der Waals surface area contributed by atoms with Gasteiger partial charge >= 0.3 is 6.09 Å². The Balaban J connectivity index is 0.981. The molecule has 6 aromatic rings.